The maximum atomic E-state index is 14.3. The number of hydrogen-bond acceptors (Lipinski definition) is 5. The second-order valence-corrected chi connectivity index (χ2v) is 10.4. The first-order valence-corrected chi connectivity index (χ1v) is 13.3. The molecule has 0 saturated heterocycles. The Morgan fingerprint density at radius 1 is 1.16 bits per heavy atom. The molecular weight excluding hydrogens is 540 g/mol. The van der Waals surface area contributed by atoms with Gasteiger partial charge < -0.3 is 14.6 Å². The summed E-state index contributed by atoms with van der Waals surface area (Å²) in [4.78, 5) is 9.26. The van der Waals surface area contributed by atoms with E-state index in [1.165, 1.54) is 29.6 Å². The van der Waals surface area contributed by atoms with E-state index in [0.717, 1.165) is 12.1 Å². The fourth-order valence-corrected chi connectivity index (χ4v) is 5.45. The Morgan fingerprint density at radius 3 is 2.50 bits per heavy atom. The SMILES string of the molecule is CCC(=O)O.COc1cc(S(=O)(=O)N2CCOc3ccc(/C=C(\C)c4c(F)cccc4Cl)cc32)ccc1F. The van der Waals surface area contributed by atoms with Crippen molar-refractivity contribution in [3.05, 3.63) is 82.4 Å². The molecule has 0 spiro atoms. The molecule has 0 unspecified atom stereocenters. The quantitative estimate of drug-likeness (QED) is 0.355. The van der Waals surface area contributed by atoms with Crippen molar-refractivity contribution < 1.29 is 36.6 Å². The third-order valence-electron chi connectivity index (χ3n) is 5.56. The van der Waals surface area contributed by atoms with Crippen molar-refractivity contribution in [1.82, 2.24) is 0 Å². The summed E-state index contributed by atoms with van der Waals surface area (Å²) in [7, 11) is -2.77. The standard InChI is InChI=1S/C24H20ClF2NO4S.C3H6O2/c1-15(24-18(25)4-3-5-20(24)27)12-16-6-9-22-21(13-16)28(10-11-32-22)33(29,30)17-7-8-19(26)23(14-17)31-2;1-2-3(4)5/h3-9,12-14H,10-11H2,1-2H3;2H2,1H3,(H,4,5)/b15-12+;. The first-order chi connectivity index (χ1) is 18.0. The second kappa shape index (κ2) is 12.3. The predicted molar refractivity (Wildman–Crippen MR) is 142 cm³/mol. The lowest BCUT2D eigenvalue weighted by molar-refractivity contribution is -0.136. The van der Waals surface area contributed by atoms with E-state index in [1.54, 1.807) is 44.2 Å². The van der Waals surface area contributed by atoms with Crippen molar-refractivity contribution in [1.29, 1.82) is 0 Å². The van der Waals surface area contributed by atoms with Gasteiger partial charge in [0.25, 0.3) is 10.0 Å². The number of hydrogen-bond donors (Lipinski definition) is 1. The molecule has 0 saturated carbocycles. The van der Waals surface area contributed by atoms with Gasteiger partial charge in [-0.05, 0) is 54.5 Å². The van der Waals surface area contributed by atoms with E-state index in [9.17, 15) is 22.0 Å². The van der Waals surface area contributed by atoms with Gasteiger partial charge in [0.2, 0.25) is 0 Å². The number of halogens is 3. The van der Waals surface area contributed by atoms with Crippen molar-refractivity contribution in [3.8, 4) is 11.5 Å². The van der Waals surface area contributed by atoms with Crippen LogP contribution in [0, 0.1) is 11.6 Å². The molecular formula is C27H26ClF2NO6S. The minimum atomic E-state index is -4.03. The first kappa shape index (κ1) is 28.9. The van der Waals surface area contributed by atoms with Gasteiger partial charge in [0.05, 0.1) is 29.3 Å². The maximum absolute atomic E-state index is 14.3. The Hall–Kier alpha value is -3.63. The molecule has 0 radical (unpaired) electrons. The zero-order valence-electron chi connectivity index (χ0n) is 20.9. The average molecular weight is 566 g/mol. The molecule has 7 nitrogen and oxygen atoms in total. The van der Waals surface area contributed by atoms with E-state index in [4.69, 9.17) is 26.2 Å². The summed E-state index contributed by atoms with van der Waals surface area (Å²) < 4.78 is 66.7. The number of benzene rings is 3. The minimum absolute atomic E-state index is 0.0698. The van der Waals surface area contributed by atoms with E-state index in [-0.39, 0.29) is 40.8 Å². The van der Waals surface area contributed by atoms with Crippen LogP contribution >= 0.6 is 11.6 Å². The third kappa shape index (κ3) is 6.43. The summed E-state index contributed by atoms with van der Waals surface area (Å²) >= 11 is 6.17. The van der Waals surface area contributed by atoms with E-state index < -0.39 is 27.6 Å². The summed E-state index contributed by atoms with van der Waals surface area (Å²) in [6.07, 6.45) is 1.94. The zero-order valence-corrected chi connectivity index (χ0v) is 22.4. The number of carboxylic acids is 1. The van der Waals surface area contributed by atoms with Crippen LogP contribution in [-0.4, -0.2) is 39.8 Å². The van der Waals surface area contributed by atoms with Gasteiger partial charge in [-0.25, -0.2) is 17.2 Å². The Balaban J connectivity index is 0.000000732. The number of carbonyl (C=O) groups is 1. The molecule has 0 amide bonds. The Labute approximate surface area is 224 Å². The number of rotatable bonds is 6. The van der Waals surface area contributed by atoms with E-state index >= 15 is 0 Å². The number of ether oxygens (including phenoxy) is 2. The highest BCUT2D eigenvalue weighted by atomic mass is 35.5. The topological polar surface area (TPSA) is 93.1 Å². The van der Waals surface area contributed by atoms with Crippen molar-refractivity contribution in [3.63, 3.8) is 0 Å². The van der Waals surface area contributed by atoms with Gasteiger partial charge in [0.15, 0.2) is 11.6 Å². The molecule has 38 heavy (non-hydrogen) atoms. The van der Waals surface area contributed by atoms with Gasteiger partial charge in [-0.15, -0.1) is 0 Å². The molecule has 1 N–H and O–H groups in total. The molecule has 4 rings (SSSR count). The molecule has 0 aliphatic carbocycles. The van der Waals surface area contributed by atoms with Gasteiger partial charge in [0.1, 0.15) is 18.2 Å². The molecule has 1 aliphatic rings. The van der Waals surface area contributed by atoms with Gasteiger partial charge in [-0.2, -0.15) is 0 Å². The number of carboxylic acid groups (broad SMARTS) is 1. The highest BCUT2D eigenvalue weighted by Crippen LogP contribution is 2.38. The largest absolute Gasteiger partial charge is 0.494 e. The van der Waals surface area contributed by atoms with Crippen LogP contribution in [0.1, 0.15) is 31.4 Å². The van der Waals surface area contributed by atoms with E-state index in [0.29, 0.717) is 22.6 Å². The van der Waals surface area contributed by atoms with Crippen LogP contribution in [0.25, 0.3) is 11.6 Å². The lowest BCUT2D eigenvalue weighted by atomic mass is 10.0. The van der Waals surface area contributed by atoms with Crippen molar-refractivity contribution in [2.75, 3.05) is 24.6 Å². The summed E-state index contributed by atoms with van der Waals surface area (Å²) in [6, 6.07) is 12.9. The highest BCUT2D eigenvalue weighted by molar-refractivity contribution is 7.92. The van der Waals surface area contributed by atoms with Crippen LogP contribution in [0.4, 0.5) is 14.5 Å². The lowest BCUT2D eigenvalue weighted by Gasteiger charge is -2.30. The van der Waals surface area contributed by atoms with E-state index in [2.05, 4.69) is 0 Å². The molecule has 3 aromatic carbocycles. The van der Waals surface area contributed by atoms with Gasteiger partial charge in [-0.3, -0.25) is 9.10 Å². The smallest absolute Gasteiger partial charge is 0.303 e. The molecule has 1 aliphatic heterocycles. The first-order valence-electron chi connectivity index (χ1n) is 11.5. The molecule has 0 fully saturated rings. The number of aliphatic carboxylic acids is 1. The van der Waals surface area contributed by atoms with Crippen LogP contribution in [0.5, 0.6) is 11.5 Å². The monoisotopic (exact) mass is 565 g/mol. The molecule has 202 valence electrons. The Kier molecular flexibility index (Phi) is 9.35. The molecule has 0 aromatic heterocycles. The maximum Gasteiger partial charge on any atom is 0.303 e. The van der Waals surface area contributed by atoms with Crippen molar-refractivity contribution >= 4 is 44.9 Å². The molecule has 1 heterocycles. The zero-order chi connectivity index (χ0) is 28.0. The van der Waals surface area contributed by atoms with Crippen LogP contribution in [-0.2, 0) is 14.8 Å². The minimum Gasteiger partial charge on any atom is -0.494 e. The molecule has 3 aromatic rings. The van der Waals surface area contributed by atoms with Crippen LogP contribution < -0.4 is 13.8 Å². The normalized spacial score (nSPS) is 13.1. The Bertz CT molecular complexity index is 1460. The van der Waals surface area contributed by atoms with Crippen LogP contribution in [0.2, 0.25) is 5.02 Å². The number of nitrogens with zero attached hydrogens (tertiary/aromatic N) is 1. The summed E-state index contributed by atoms with van der Waals surface area (Å²) in [6.45, 7) is 3.55. The summed E-state index contributed by atoms with van der Waals surface area (Å²) in [5, 5.41) is 8.00. The molecule has 0 bridgehead atoms. The number of fused-ring (bicyclic) bond motifs is 1. The average Bonchev–Trinajstić information content (AvgIpc) is 2.88. The van der Waals surface area contributed by atoms with Gasteiger partial charge in [0, 0.05) is 18.1 Å². The van der Waals surface area contributed by atoms with Crippen molar-refractivity contribution in [2.45, 2.75) is 25.2 Å². The fraction of sp³-hybridized carbons (Fsp3) is 0.222. The van der Waals surface area contributed by atoms with Gasteiger partial charge in [-0.1, -0.05) is 36.7 Å². The number of methoxy groups -OCH3 is 1. The number of sulfonamides is 1. The fourth-order valence-electron chi connectivity index (χ4n) is 3.67. The predicted octanol–water partition coefficient (Wildman–Crippen LogP) is 6.26. The molecule has 11 heteroatoms. The van der Waals surface area contributed by atoms with Crippen LogP contribution in [0.3, 0.4) is 0 Å². The second-order valence-electron chi connectivity index (χ2n) is 8.12. The molecule has 0 atom stereocenters. The number of allylic oxidation sites excluding steroid dienone is 1. The summed E-state index contributed by atoms with van der Waals surface area (Å²) in [5.41, 5.74) is 1.81. The van der Waals surface area contributed by atoms with Crippen LogP contribution in [0.15, 0.2) is 59.5 Å². The van der Waals surface area contributed by atoms with E-state index in [1.807, 2.05) is 0 Å². The van der Waals surface area contributed by atoms with Crippen molar-refractivity contribution in [2.24, 2.45) is 0 Å². The third-order valence-corrected chi connectivity index (χ3v) is 7.68. The lowest BCUT2D eigenvalue weighted by Crippen LogP contribution is -2.38. The number of anilines is 1. The Morgan fingerprint density at radius 2 is 1.87 bits per heavy atom. The summed E-state index contributed by atoms with van der Waals surface area (Å²) in [5.74, 6) is -1.64. The van der Waals surface area contributed by atoms with Gasteiger partial charge >= 0.3 is 5.97 Å². The highest BCUT2D eigenvalue weighted by Gasteiger charge is 2.31.